The lowest BCUT2D eigenvalue weighted by molar-refractivity contribution is -0.117. The Labute approximate surface area is 164 Å². The van der Waals surface area contributed by atoms with Gasteiger partial charge in [-0.3, -0.25) is 9.78 Å². The van der Waals surface area contributed by atoms with Gasteiger partial charge in [0.15, 0.2) is 0 Å². The van der Waals surface area contributed by atoms with Gasteiger partial charge in [-0.25, -0.2) is 0 Å². The largest absolute Gasteiger partial charge is 0.346 e. The molecule has 1 amide bonds. The SMILES string of the molecule is CCn1c2ccccc2c2cc(/C=C/C(=O)NC(C)c3cccnc3)ccc21. The van der Waals surface area contributed by atoms with Crippen LogP contribution in [0.1, 0.15) is 31.0 Å². The molecule has 0 saturated heterocycles. The van der Waals surface area contributed by atoms with Crippen molar-refractivity contribution in [2.24, 2.45) is 0 Å². The van der Waals surface area contributed by atoms with E-state index in [1.54, 1.807) is 18.5 Å². The normalized spacial score (nSPS) is 12.6. The summed E-state index contributed by atoms with van der Waals surface area (Å²) in [7, 11) is 0. The molecule has 0 aliphatic carbocycles. The van der Waals surface area contributed by atoms with Gasteiger partial charge < -0.3 is 9.88 Å². The van der Waals surface area contributed by atoms with E-state index in [0.29, 0.717) is 0 Å². The summed E-state index contributed by atoms with van der Waals surface area (Å²) in [5, 5.41) is 5.43. The minimum Gasteiger partial charge on any atom is -0.346 e. The van der Waals surface area contributed by atoms with Crippen molar-refractivity contribution in [3.8, 4) is 0 Å². The molecule has 0 spiro atoms. The monoisotopic (exact) mass is 369 g/mol. The summed E-state index contributed by atoms with van der Waals surface area (Å²) >= 11 is 0. The molecule has 1 N–H and O–H groups in total. The molecule has 0 aliphatic heterocycles. The second-order valence-electron chi connectivity index (χ2n) is 6.89. The minimum absolute atomic E-state index is 0.0872. The fourth-order valence-electron chi connectivity index (χ4n) is 3.66. The van der Waals surface area contributed by atoms with E-state index >= 15 is 0 Å². The van der Waals surface area contributed by atoms with E-state index in [2.05, 4.69) is 64.3 Å². The van der Waals surface area contributed by atoms with E-state index in [9.17, 15) is 4.79 Å². The van der Waals surface area contributed by atoms with Crippen LogP contribution in [0.15, 0.2) is 73.1 Å². The first-order chi connectivity index (χ1) is 13.7. The van der Waals surface area contributed by atoms with Crippen LogP contribution in [-0.2, 0) is 11.3 Å². The number of carbonyl (C=O) groups is 1. The predicted molar refractivity (Wildman–Crippen MR) is 115 cm³/mol. The molecule has 4 aromatic rings. The van der Waals surface area contributed by atoms with Crippen molar-refractivity contribution in [2.45, 2.75) is 26.4 Å². The molecular formula is C24H23N3O. The molecule has 1 atom stereocenters. The molecule has 0 fully saturated rings. The Balaban J connectivity index is 1.58. The Bertz CT molecular complexity index is 1160. The Hall–Kier alpha value is -3.40. The maximum atomic E-state index is 12.3. The zero-order chi connectivity index (χ0) is 19.5. The van der Waals surface area contributed by atoms with E-state index in [0.717, 1.165) is 17.7 Å². The van der Waals surface area contributed by atoms with Gasteiger partial charge in [-0.2, -0.15) is 0 Å². The molecule has 0 aliphatic rings. The van der Waals surface area contributed by atoms with Crippen LogP contribution in [0, 0.1) is 0 Å². The van der Waals surface area contributed by atoms with Crippen LogP contribution in [-0.4, -0.2) is 15.5 Å². The number of para-hydroxylation sites is 1. The van der Waals surface area contributed by atoms with E-state index in [4.69, 9.17) is 0 Å². The zero-order valence-electron chi connectivity index (χ0n) is 16.1. The van der Waals surface area contributed by atoms with Crippen LogP contribution in [0.3, 0.4) is 0 Å². The number of aromatic nitrogens is 2. The second kappa shape index (κ2) is 7.69. The fraction of sp³-hybridized carbons (Fsp3) is 0.167. The first-order valence-electron chi connectivity index (χ1n) is 9.57. The van der Waals surface area contributed by atoms with Crippen LogP contribution < -0.4 is 5.32 Å². The predicted octanol–water partition coefficient (Wildman–Crippen LogP) is 5.10. The summed E-state index contributed by atoms with van der Waals surface area (Å²) in [6.07, 6.45) is 6.95. The first kappa shape index (κ1) is 18.0. The molecule has 2 aromatic carbocycles. The van der Waals surface area contributed by atoms with Crippen molar-refractivity contribution in [3.05, 3.63) is 84.2 Å². The topological polar surface area (TPSA) is 46.9 Å². The smallest absolute Gasteiger partial charge is 0.244 e. The number of fused-ring (bicyclic) bond motifs is 3. The number of rotatable bonds is 5. The maximum Gasteiger partial charge on any atom is 0.244 e. The summed E-state index contributed by atoms with van der Waals surface area (Å²) in [6.45, 7) is 5.04. The molecule has 140 valence electrons. The standard InChI is InChI=1S/C24H23N3O/c1-3-27-22-9-5-4-8-20(22)21-15-18(10-12-23(21)27)11-13-24(28)26-17(2)19-7-6-14-25-16-19/h4-17H,3H2,1-2H3,(H,26,28)/b13-11+. The van der Waals surface area contributed by atoms with Gasteiger partial charge in [0.1, 0.15) is 0 Å². The summed E-state index contributed by atoms with van der Waals surface area (Å²) in [6, 6.07) is 18.5. The summed E-state index contributed by atoms with van der Waals surface area (Å²) in [5.74, 6) is -0.118. The maximum absolute atomic E-state index is 12.3. The van der Waals surface area contributed by atoms with Gasteiger partial charge in [-0.15, -0.1) is 0 Å². The van der Waals surface area contributed by atoms with Crippen LogP contribution in [0.5, 0.6) is 0 Å². The quantitative estimate of drug-likeness (QED) is 0.498. The van der Waals surface area contributed by atoms with Gasteiger partial charge in [-0.1, -0.05) is 30.3 Å². The molecule has 2 heterocycles. The number of benzene rings is 2. The van der Waals surface area contributed by atoms with Crippen LogP contribution >= 0.6 is 0 Å². The molecule has 0 saturated carbocycles. The van der Waals surface area contributed by atoms with Crippen molar-refractivity contribution in [1.82, 2.24) is 14.9 Å². The van der Waals surface area contributed by atoms with Gasteiger partial charge in [0.05, 0.1) is 6.04 Å². The van der Waals surface area contributed by atoms with E-state index in [1.165, 1.54) is 21.8 Å². The Morgan fingerprint density at radius 2 is 1.93 bits per heavy atom. The molecule has 2 aromatic heterocycles. The van der Waals surface area contributed by atoms with Crippen LogP contribution in [0.25, 0.3) is 27.9 Å². The molecule has 28 heavy (non-hydrogen) atoms. The third-order valence-electron chi connectivity index (χ3n) is 5.08. The second-order valence-corrected chi connectivity index (χ2v) is 6.89. The Kier molecular flexibility index (Phi) is 4.94. The third-order valence-corrected chi connectivity index (χ3v) is 5.08. The minimum atomic E-state index is -0.118. The molecule has 0 radical (unpaired) electrons. The lowest BCUT2D eigenvalue weighted by Gasteiger charge is -2.12. The summed E-state index contributed by atoms with van der Waals surface area (Å²) in [5.41, 5.74) is 4.45. The molecule has 4 nitrogen and oxygen atoms in total. The van der Waals surface area contributed by atoms with Crippen molar-refractivity contribution < 1.29 is 4.79 Å². The van der Waals surface area contributed by atoms with Crippen molar-refractivity contribution in [1.29, 1.82) is 0 Å². The highest BCUT2D eigenvalue weighted by Crippen LogP contribution is 2.29. The highest BCUT2D eigenvalue weighted by molar-refractivity contribution is 6.08. The van der Waals surface area contributed by atoms with Crippen molar-refractivity contribution in [2.75, 3.05) is 0 Å². The number of hydrogen-bond donors (Lipinski definition) is 1. The highest BCUT2D eigenvalue weighted by atomic mass is 16.1. The highest BCUT2D eigenvalue weighted by Gasteiger charge is 2.10. The Morgan fingerprint density at radius 3 is 2.71 bits per heavy atom. The number of hydrogen-bond acceptors (Lipinski definition) is 2. The number of aryl methyl sites for hydroxylation is 1. The lowest BCUT2D eigenvalue weighted by atomic mass is 10.1. The van der Waals surface area contributed by atoms with E-state index in [-0.39, 0.29) is 11.9 Å². The van der Waals surface area contributed by atoms with Gasteiger partial charge in [-0.05, 0) is 55.3 Å². The summed E-state index contributed by atoms with van der Waals surface area (Å²) < 4.78 is 2.32. The Morgan fingerprint density at radius 1 is 1.11 bits per heavy atom. The number of nitrogens with one attached hydrogen (secondary N) is 1. The first-order valence-corrected chi connectivity index (χ1v) is 9.57. The lowest BCUT2D eigenvalue weighted by Crippen LogP contribution is -2.24. The molecule has 4 rings (SSSR count). The van der Waals surface area contributed by atoms with Crippen molar-refractivity contribution in [3.63, 3.8) is 0 Å². The zero-order valence-corrected chi connectivity index (χ0v) is 16.1. The molecule has 0 bridgehead atoms. The molecular weight excluding hydrogens is 346 g/mol. The number of amides is 1. The fourth-order valence-corrected chi connectivity index (χ4v) is 3.66. The molecule has 4 heteroatoms. The summed E-state index contributed by atoms with van der Waals surface area (Å²) in [4.78, 5) is 16.4. The molecule has 1 unspecified atom stereocenters. The van der Waals surface area contributed by atoms with Crippen molar-refractivity contribution >= 4 is 33.8 Å². The van der Waals surface area contributed by atoms with Gasteiger partial charge >= 0.3 is 0 Å². The van der Waals surface area contributed by atoms with Crippen LogP contribution in [0.2, 0.25) is 0 Å². The van der Waals surface area contributed by atoms with Gasteiger partial charge in [0, 0.05) is 46.8 Å². The van der Waals surface area contributed by atoms with Crippen LogP contribution in [0.4, 0.5) is 0 Å². The van der Waals surface area contributed by atoms with E-state index < -0.39 is 0 Å². The van der Waals surface area contributed by atoms with Gasteiger partial charge in [0.25, 0.3) is 0 Å². The average molecular weight is 369 g/mol. The average Bonchev–Trinajstić information content (AvgIpc) is 3.06. The third kappa shape index (κ3) is 3.41. The van der Waals surface area contributed by atoms with Gasteiger partial charge in [0.2, 0.25) is 5.91 Å². The number of pyridine rings is 1. The number of nitrogens with zero attached hydrogens (tertiary/aromatic N) is 2. The number of carbonyl (C=O) groups excluding carboxylic acids is 1. The van der Waals surface area contributed by atoms with E-state index in [1.807, 2.05) is 25.1 Å².